The van der Waals surface area contributed by atoms with Gasteiger partial charge in [-0.3, -0.25) is 9.59 Å². The van der Waals surface area contributed by atoms with E-state index in [2.05, 4.69) is 5.32 Å². The monoisotopic (exact) mass is 278 g/mol. The number of piperazine rings is 1. The normalized spacial score (nSPS) is 20.6. The summed E-state index contributed by atoms with van der Waals surface area (Å²) < 4.78 is 5.13. The fourth-order valence-corrected chi connectivity index (χ4v) is 2.30. The van der Waals surface area contributed by atoms with Crippen LogP contribution in [0.3, 0.4) is 0 Å². The summed E-state index contributed by atoms with van der Waals surface area (Å²) >= 11 is 0. The van der Waals surface area contributed by atoms with Gasteiger partial charge in [0.25, 0.3) is 0 Å². The van der Waals surface area contributed by atoms with Gasteiger partial charge in [-0.05, 0) is 24.6 Å². The van der Waals surface area contributed by atoms with Crippen molar-refractivity contribution in [2.24, 2.45) is 0 Å². The highest BCUT2D eigenvalue weighted by Gasteiger charge is 2.37. The van der Waals surface area contributed by atoms with Crippen molar-refractivity contribution in [3.8, 4) is 5.75 Å². The van der Waals surface area contributed by atoms with E-state index in [9.17, 15) is 14.7 Å². The summed E-state index contributed by atoms with van der Waals surface area (Å²) in [5.74, 6) is 0.144. The van der Waals surface area contributed by atoms with Gasteiger partial charge in [0, 0.05) is 6.54 Å². The van der Waals surface area contributed by atoms with Crippen LogP contribution in [0.1, 0.15) is 12.5 Å². The van der Waals surface area contributed by atoms with Gasteiger partial charge in [0.15, 0.2) is 0 Å². The first-order valence-electron chi connectivity index (χ1n) is 6.41. The van der Waals surface area contributed by atoms with Gasteiger partial charge in [-0.15, -0.1) is 0 Å². The number of carbonyl (C=O) groups excluding carboxylic acids is 2. The molecule has 0 bridgehead atoms. The Labute approximate surface area is 117 Å². The molecule has 6 nitrogen and oxygen atoms in total. The van der Waals surface area contributed by atoms with Crippen molar-refractivity contribution in [3.05, 3.63) is 29.8 Å². The second kappa shape index (κ2) is 5.92. The maximum atomic E-state index is 12.0. The summed E-state index contributed by atoms with van der Waals surface area (Å²) in [7, 11) is 1.57. The lowest BCUT2D eigenvalue weighted by Crippen LogP contribution is -2.61. The molecule has 2 N–H and O–H groups in total. The Morgan fingerprint density at radius 3 is 2.90 bits per heavy atom. The lowest BCUT2D eigenvalue weighted by atomic mass is 10.1. The zero-order valence-electron chi connectivity index (χ0n) is 11.5. The van der Waals surface area contributed by atoms with Gasteiger partial charge in [0.05, 0.1) is 19.8 Å². The summed E-state index contributed by atoms with van der Waals surface area (Å²) in [5, 5.41) is 12.2. The number of hydrogen-bond donors (Lipinski definition) is 2. The molecule has 0 radical (unpaired) electrons. The van der Waals surface area contributed by atoms with E-state index in [4.69, 9.17) is 4.74 Å². The summed E-state index contributed by atoms with van der Waals surface area (Å²) in [4.78, 5) is 25.2. The van der Waals surface area contributed by atoms with E-state index in [1.807, 2.05) is 12.1 Å². The number of nitrogens with one attached hydrogen (secondary N) is 1. The van der Waals surface area contributed by atoms with Crippen LogP contribution in [0.25, 0.3) is 0 Å². The molecular formula is C14H18N2O4. The highest BCUT2D eigenvalue weighted by molar-refractivity contribution is 5.95. The van der Waals surface area contributed by atoms with Gasteiger partial charge in [-0.2, -0.15) is 0 Å². The van der Waals surface area contributed by atoms with Crippen LogP contribution in [0.4, 0.5) is 0 Å². The number of methoxy groups -OCH3 is 1. The van der Waals surface area contributed by atoms with Crippen LogP contribution in [0.5, 0.6) is 5.75 Å². The SMILES string of the molecule is COc1cccc(CN2C(=O)CNC(=O)[C@@H]2[C@H](C)O)c1. The summed E-state index contributed by atoms with van der Waals surface area (Å²) in [6.07, 6.45) is -0.926. The van der Waals surface area contributed by atoms with E-state index >= 15 is 0 Å². The molecule has 1 aliphatic rings. The van der Waals surface area contributed by atoms with E-state index in [1.165, 1.54) is 11.8 Å². The Hall–Kier alpha value is -2.08. The van der Waals surface area contributed by atoms with Gasteiger partial charge in [0.1, 0.15) is 11.8 Å². The van der Waals surface area contributed by atoms with Crippen molar-refractivity contribution in [1.82, 2.24) is 10.2 Å². The largest absolute Gasteiger partial charge is 0.497 e. The van der Waals surface area contributed by atoms with Crippen LogP contribution in [0.15, 0.2) is 24.3 Å². The molecule has 2 atom stereocenters. The summed E-state index contributed by atoms with van der Waals surface area (Å²) in [5.41, 5.74) is 0.845. The van der Waals surface area contributed by atoms with Crippen molar-refractivity contribution in [3.63, 3.8) is 0 Å². The van der Waals surface area contributed by atoms with Gasteiger partial charge >= 0.3 is 0 Å². The van der Waals surface area contributed by atoms with Gasteiger partial charge in [-0.25, -0.2) is 0 Å². The number of ether oxygens (including phenoxy) is 1. The van der Waals surface area contributed by atoms with Crippen molar-refractivity contribution in [2.45, 2.75) is 25.6 Å². The number of benzene rings is 1. The number of aliphatic hydroxyl groups excluding tert-OH is 1. The Morgan fingerprint density at radius 2 is 2.25 bits per heavy atom. The minimum Gasteiger partial charge on any atom is -0.497 e. The smallest absolute Gasteiger partial charge is 0.245 e. The van der Waals surface area contributed by atoms with E-state index in [-0.39, 0.29) is 24.9 Å². The second-order valence-electron chi connectivity index (χ2n) is 4.78. The van der Waals surface area contributed by atoms with Crippen molar-refractivity contribution in [2.75, 3.05) is 13.7 Å². The number of amides is 2. The van der Waals surface area contributed by atoms with Crippen LogP contribution in [0.2, 0.25) is 0 Å². The van der Waals surface area contributed by atoms with Crippen LogP contribution in [0, 0.1) is 0 Å². The predicted molar refractivity (Wildman–Crippen MR) is 72.0 cm³/mol. The highest BCUT2D eigenvalue weighted by atomic mass is 16.5. The lowest BCUT2D eigenvalue weighted by Gasteiger charge is -2.36. The molecule has 0 aromatic heterocycles. The molecule has 1 saturated heterocycles. The third-order valence-corrected chi connectivity index (χ3v) is 3.28. The quantitative estimate of drug-likeness (QED) is 0.806. The van der Waals surface area contributed by atoms with Crippen LogP contribution < -0.4 is 10.1 Å². The fourth-order valence-electron chi connectivity index (χ4n) is 2.30. The Bertz CT molecular complexity index is 516. The number of nitrogens with zero attached hydrogens (tertiary/aromatic N) is 1. The van der Waals surface area contributed by atoms with Crippen molar-refractivity contribution < 1.29 is 19.4 Å². The van der Waals surface area contributed by atoms with Crippen molar-refractivity contribution in [1.29, 1.82) is 0 Å². The molecular weight excluding hydrogens is 260 g/mol. The molecule has 6 heteroatoms. The second-order valence-corrected chi connectivity index (χ2v) is 4.78. The fraction of sp³-hybridized carbons (Fsp3) is 0.429. The number of carbonyl (C=O) groups is 2. The first kappa shape index (κ1) is 14.3. The first-order valence-corrected chi connectivity index (χ1v) is 6.41. The molecule has 1 aromatic rings. The summed E-state index contributed by atoms with van der Waals surface area (Å²) in [6, 6.07) is 6.42. The lowest BCUT2D eigenvalue weighted by molar-refractivity contribution is -0.150. The molecule has 1 aromatic carbocycles. The standard InChI is InChI=1S/C14H18N2O4/c1-9(17)13-14(19)15-7-12(18)16(13)8-10-4-3-5-11(6-10)20-2/h3-6,9,13,17H,7-8H2,1-2H3,(H,15,19)/t9-,13-/m0/s1. The van der Waals surface area contributed by atoms with Crippen LogP contribution in [-0.4, -0.2) is 47.6 Å². The minimum atomic E-state index is -0.926. The molecule has 0 saturated carbocycles. The molecule has 2 amide bonds. The topological polar surface area (TPSA) is 78.9 Å². The predicted octanol–water partition coefficient (Wildman–Crippen LogP) is -0.0970. The van der Waals surface area contributed by atoms with E-state index < -0.39 is 12.1 Å². The van der Waals surface area contributed by atoms with Crippen molar-refractivity contribution >= 4 is 11.8 Å². The molecule has 20 heavy (non-hydrogen) atoms. The third-order valence-electron chi connectivity index (χ3n) is 3.28. The van der Waals surface area contributed by atoms with E-state index in [0.717, 1.165) is 5.56 Å². The maximum absolute atomic E-state index is 12.0. The molecule has 1 fully saturated rings. The Kier molecular flexibility index (Phi) is 4.24. The van der Waals surface area contributed by atoms with Crippen LogP contribution >= 0.6 is 0 Å². The number of rotatable bonds is 4. The molecule has 2 rings (SSSR count). The molecule has 1 heterocycles. The minimum absolute atomic E-state index is 0.0357. The van der Waals surface area contributed by atoms with E-state index in [1.54, 1.807) is 19.2 Å². The zero-order chi connectivity index (χ0) is 14.7. The first-order chi connectivity index (χ1) is 9.52. The third kappa shape index (κ3) is 2.91. The molecule has 1 aliphatic heterocycles. The highest BCUT2D eigenvalue weighted by Crippen LogP contribution is 2.18. The molecule has 108 valence electrons. The van der Waals surface area contributed by atoms with E-state index in [0.29, 0.717) is 5.75 Å². The Balaban J connectivity index is 2.23. The zero-order valence-corrected chi connectivity index (χ0v) is 11.5. The number of aliphatic hydroxyl groups is 1. The maximum Gasteiger partial charge on any atom is 0.245 e. The van der Waals surface area contributed by atoms with Gasteiger partial charge in [0.2, 0.25) is 11.8 Å². The van der Waals surface area contributed by atoms with Crippen LogP contribution in [-0.2, 0) is 16.1 Å². The van der Waals surface area contributed by atoms with Gasteiger partial charge in [-0.1, -0.05) is 12.1 Å². The number of hydrogen-bond acceptors (Lipinski definition) is 4. The average Bonchev–Trinajstić information content (AvgIpc) is 2.43. The molecule has 0 unspecified atom stereocenters. The molecule has 0 spiro atoms. The summed E-state index contributed by atoms with van der Waals surface area (Å²) in [6.45, 7) is 1.73. The molecule has 0 aliphatic carbocycles. The van der Waals surface area contributed by atoms with Gasteiger partial charge < -0.3 is 20.1 Å². The average molecular weight is 278 g/mol. The Morgan fingerprint density at radius 1 is 1.50 bits per heavy atom.